The molecule has 0 saturated carbocycles. The third kappa shape index (κ3) is 3.56. The largest absolute Gasteiger partial charge is 0.351 e. The van der Waals surface area contributed by atoms with Gasteiger partial charge in [0.05, 0.1) is 15.1 Å². The van der Waals surface area contributed by atoms with Crippen molar-refractivity contribution in [3.8, 4) is 0 Å². The molecule has 3 aromatic rings. The summed E-state index contributed by atoms with van der Waals surface area (Å²) < 4.78 is 2.98. The number of thiophene rings is 1. The third-order valence-corrected chi connectivity index (χ3v) is 4.93. The van der Waals surface area contributed by atoms with Gasteiger partial charge in [0.15, 0.2) is 0 Å². The Kier molecular flexibility index (Phi) is 4.85. The quantitative estimate of drug-likeness (QED) is 0.533. The molecule has 0 radical (unpaired) electrons. The van der Waals surface area contributed by atoms with Crippen LogP contribution in [0.3, 0.4) is 0 Å². The van der Waals surface area contributed by atoms with Gasteiger partial charge < -0.3 is 9.88 Å². The molecule has 25 heavy (non-hydrogen) atoms. The fourth-order valence-corrected chi connectivity index (χ4v) is 3.77. The van der Waals surface area contributed by atoms with E-state index in [-0.39, 0.29) is 11.6 Å². The molecular weight excluding hydrogens is 338 g/mol. The van der Waals surface area contributed by atoms with Crippen LogP contribution in [-0.2, 0) is 6.54 Å². The topological polar surface area (TPSA) is 77.2 Å². The Morgan fingerprint density at radius 2 is 2.12 bits per heavy atom. The number of nitro benzene ring substituents is 1. The lowest BCUT2D eigenvalue weighted by atomic mass is 10.2. The van der Waals surface area contributed by atoms with Crippen LogP contribution in [0.4, 0.5) is 5.69 Å². The first kappa shape index (κ1) is 17.2. The molecule has 0 fully saturated rings. The summed E-state index contributed by atoms with van der Waals surface area (Å²) in [5.74, 6) is -0.117. The minimum Gasteiger partial charge on any atom is -0.351 e. The molecule has 7 heteroatoms. The summed E-state index contributed by atoms with van der Waals surface area (Å²) in [5.41, 5.74) is 2.41. The number of carbonyl (C=O) groups excluding carboxylic acids is 1. The first-order valence-electron chi connectivity index (χ1n) is 8.10. The summed E-state index contributed by atoms with van der Waals surface area (Å²) in [6.45, 7) is 5.06. The van der Waals surface area contributed by atoms with Gasteiger partial charge >= 0.3 is 0 Å². The maximum absolute atomic E-state index is 12.5. The van der Waals surface area contributed by atoms with Crippen molar-refractivity contribution in [2.45, 2.75) is 26.8 Å². The third-order valence-electron chi connectivity index (χ3n) is 3.94. The van der Waals surface area contributed by atoms with Gasteiger partial charge in [-0.25, -0.2) is 0 Å². The van der Waals surface area contributed by atoms with Gasteiger partial charge in [0.25, 0.3) is 11.6 Å². The monoisotopic (exact) mass is 357 g/mol. The molecule has 130 valence electrons. The second-order valence-electron chi connectivity index (χ2n) is 5.91. The van der Waals surface area contributed by atoms with Crippen molar-refractivity contribution >= 4 is 33.1 Å². The van der Waals surface area contributed by atoms with E-state index in [1.165, 1.54) is 10.9 Å². The van der Waals surface area contributed by atoms with Gasteiger partial charge in [0.2, 0.25) is 0 Å². The lowest BCUT2D eigenvalue weighted by molar-refractivity contribution is -0.384. The lowest BCUT2D eigenvalue weighted by Gasteiger charge is -2.11. The van der Waals surface area contributed by atoms with Crippen LogP contribution >= 0.6 is 11.3 Å². The van der Waals surface area contributed by atoms with Crippen LogP contribution < -0.4 is 5.32 Å². The predicted molar refractivity (Wildman–Crippen MR) is 99.4 cm³/mol. The summed E-state index contributed by atoms with van der Waals surface area (Å²) in [7, 11) is 0. The number of fused-ring (bicyclic) bond motifs is 1. The number of nitro groups is 1. The summed E-state index contributed by atoms with van der Waals surface area (Å²) in [6, 6.07) is 10.5. The first-order chi connectivity index (χ1) is 12.0. The maximum Gasteiger partial charge on any atom is 0.269 e. The van der Waals surface area contributed by atoms with Crippen molar-refractivity contribution in [1.29, 1.82) is 0 Å². The zero-order chi connectivity index (χ0) is 18.0. The van der Waals surface area contributed by atoms with Gasteiger partial charge in [-0.3, -0.25) is 14.9 Å². The second kappa shape index (κ2) is 7.06. The molecule has 1 N–H and O–H groups in total. The number of aromatic nitrogens is 1. The smallest absolute Gasteiger partial charge is 0.269 e. The first-order valence-corrected chi connectivity index (χ1v) is 8.92. The van der Waals surface area contributed by atoms with Crippen molar-refractivity contribution in [3.05, 3.63) is 62.6 Å². The fraction of sp³-hybridized carbons (Fsp3) is 0.278. The minimum absolute atomic E-state index is 0.0550. The van der Waals surface area contributed by atoms with Crippen LogP contribution in [0.25, 0.3) is 10.2 Å². The Balaban J connectivity index is 2.02. The number of rotatable bonds is 6. The van der Waals surface area contributed by atoms with E-state index in [1.807, 2.05) is 36.6 Å². The van der Waals surface area contributed by atoms with Crippen molar-refractivity contribution in [2.24, 2.45) is 0 Å². The number of hydrogen-bond acceptors (Lipinski definition) is 4. The predicted octanol–water partition coefficient (Wildman–Crippen LogP) is 4.11. The Labute approximate surface area is 149 Å². The van der Waals surface area contributed by atoms with Gasteiger partial charge in [-0.2, -0.15) is 0 Å². The number of nitrogens with one attached hydrogen (secondary N) is 1. The molecule has 1 amide bonds. The van der Waals surface area contributed by atoms with Gasteiger partial charge in [-0.15, -0.1) is 11.3 Å². The summed E-state index contributed by atoms with van der Waals surface area (Å²) >= 11 is 1.64. The van der Waals surface area contributed by atoms with E-state index >= 15 is 0 Å². The van der Waals surface area contributed by atoms with Crippen LogP contribution in [0.2, 0.25) is 0 Å². The van der Waals surface area contributed by atoms with E-state index < -0.39 is 4.92 Å². The SMILES string of the molecule is CCCNC(=O)c1cc2sc(C)cc2n1Cc1cccc([N+](=O)[O-])c1. The molecular formula is C18H19N3O3S. The van der Waals surface area contributed by atoms with Crippen molar-refractivity contribution in [3.63, 3.8) is 0 Å². The molecule has 0 atom stereocenters. The van der Waals surface area contributed by atoms with Gasteiger partial charge in [0.1, 0.15) is 5.69 Å². The minimum atomic E-state index is -0.404. The molecule has 3 rings (SSSR count). The highest BCUT2D eigenvalue weighted by Crippen LogP contribution is 2.29. The van der Waals surface area contributed by atoms with Crippen molar-refractivity contribution in [2.75, 3.05) is 6.54 Å². The highest BCUT2D eigenvalue weighted by atomic mass is 32.1. The number of nitrogens with zero attached hydrogens (tertiary/aromatic N) is 2. The van der Waals surface area contributed by atoms with E-state index in [2.05, 4.69) is 5.32 Å². The average Bonchev–Trinajstić information content (AvgIpc) is 3.10. The van der Waals surface area contributed by atoms with Crippen molar-refractivity contribution in [1.82, 2.24) is 9.88 Å². The van der Waals surface area contributed by atoms with Crippen LogP contribution in [0.5, 0.6) is 0 Å². The molecule has 1 aromatic carbocycles. The number of aryl methyl sites for hydroxylation is 1. The fourth-order valence-electron chi connectivity index (χ4n) is 2.80. The van der Waals surface area contributed by atoms with E-state index in [1.54, 1.807) is 23.5 Å². The van der Waals surface area contributed by atoms with E-state index in [4.69, 9.17) is 0 Å². The van der Waals surface area contributed by atoms with Crippen LogP contribution in [0, 0.1) is 17.0 Å². The van der Waals surface area contributed by atoms with Gasteiger partial charge in [0, 0.05) is 30.1 Å². The molecule has 0 aliphatic rings. The Morgan fingerprint density at radius 1 is 1.32 bits per heavy atom. The Hall–Kier alpha value is -2.67. The van der Waals surface area contributed by atoms with Gasteiger partial charge in [-0.1, -0.05) is 19.1 Å². The molecule has 0 spiro atoms. The molecule has 0 saturated heterocycles. The molecule has 6 nitrogen and oxygen atoms in total. The molecule has 0 aliphatic heterocycles. The molecule has 2 aromatic heterocycles. The molecule has 0 unspecified atom stereocenters. The number of carbonyl (C=O) groups is 1. The Morgan fingerprint density at radius 3 is 2.84 bits per heavy atom. The molecule has 0 bridgehead atoms. The highest BCUT2D eigenvalue weighted by molar-refractivity contribution is 7.19. The average molecular weight is 357 g/mol. The lowest BCUT2D eigenvalue weighted by Crippen LogP contribution is -2.26. The number of non-ortho nitro benzene ring substituents is 1. The number of amides is 1. The summed E-state index contributed by atoms with van der Waals surface area (Å²) in [4.78, 5) is 24.3. The zero-order valence-corrected chi connectivity index (χ0v) is 14.9. The number of benzene rings is 1. The normalized spacial score (nSPS) is 11.0. The number of hydrogen-bond donors (Lipinski definition) is 1. The second-order valence-corrected chi connectivity index (χ2v) is 7.19. The van der Waals surface area contributed by atoms with E-state index in [0.29, 0.717) is 18.8 Å². The molecule has 2 heterocycles. The zero-order valence-electron chi connectivity index (χ0n) is 14.1. The van der Waals surface area contributed by atoms with Crippen LogP contribution in [0.15, 0.2) is 36.4 Å². The Bertz CT molecular complexity index is 942. The van der Waals surface area contributed by atoms with Crippen LogP contribution in [0.1, 0.15) is 34.3 Å². The summed E-state index contributed by atoms with van der Waals surface area (Å²) in [6.07, 6.45) is 0.866. The standard InChI is InChI=1S/C18H19N3O3S/c1-3-7-19-18(22)16-10-17-15(8-12(2)25-17)20(16)11-13-5-4-6-14(9-13)21(23)24/h4-6,8-10H,3,7,11H2,1-2H3,(H,19,22). The highest BCUT2D eigenvalue weighted by Gasteiger charge is 2.18. The molecule has 0 aliphatic carbocycles. The van der Waals surface area contributed by atoms with Crippen molar-refractivity contribution < 1.29 is 9.72 Å². The van der Waals surface area contributed by atoms with Gasteiger partial charge in [-0.05, 0) is 31.0 Å². The van der Waals surface area contributed by atoms with E-state index in [9.17, 15) is 14.9 Å². The van der Waals surface area contributed by atoms with Crippen LogP contribution in [-0.4, -0.2) is 21.9 Å². The van der Waals surface area contributed by atoms with E-state index in [0.717, 1.165) is 22.2 Å². The maximum atomic E-state index is 12.5. The summed E-state index contributed by atoms with van der Waals surface area (Å²) in [5, 5.41) is 13.9.